The molecule has 14 heavy (non-hydrogen) atoms. The van der Waals surface area contributed by atoms with Gasteiger partial charge in [-0.15, -0.1) is 0 Å². The van der Waals surface area contributed by atoms with Crippen LogP contribution in [0.4, 0.5) is 0 Å². The lowest BCUT2D eigenvalue weighted by atomic mass is 9.95. The molecule has 0 amide bonds. The van der Waals surface area contributed by atoms with Crippen LogP contribution < -0.4 is 4.74 Å². The summed E-state index contributed by atoms with van der Waals surface area (Å²) in [5, 5.41) is 9.09. The van der Waals surface area contributed by atoms with Gasteiger partial charge in [-0.3, -0.25) is 0 Å². The van der Waals surface area contributed by atoms with Crippen LogP contribution in [0.15, 0.2) is 18.2 Å². The van der Waals surface area contributed by atoms with Crippen molar-refractivity contribution in [1.82, 2.24) is 0 Å². The van der Waals surface area contributed by atoms with Crippen molar-refractivity contribution in [3.8, 4) is 11.8 Å². The Balaban J connectivity index is 2.49. The molecule has 1 aliphatic carbocycles. The summed E-state index contributed by atoms with van der Waals surface area (Å²) in [5.74, 6) is 0.851. The van der Waals surface area contributed by atoms with E-state index in [-0.39, 0.29) is 5.41 Å². The van der Waals surface area contributed by atoms with Gasteiger partial charge in [0.25, 0.3) is 0 Å². The first-order valence-electron chi connectivity index (χ1n) is 4.78. The molecule has 1 fully saturated rings. The Morgan fingerprint density at radius 3 is 2.64 bits per heavy atom. The minimum atomic E-state index is -0.251. The standard InChI is InChI=1S/C12H13NO/c1-9-3-4-10(11(7-9)14-2)12(8-13)5-6-12/h3-4,7H,5-6H2,1-2H3. The van der Waals surface area contributed by atoms with Gasteiger partial charge in [0, 0.05) is 5.56 Å². The van der Waals surface area contributed by atoms with Gasteiger partial charge in [-0.2, -0.15) is 5.26 Å². The quantitative estimate of drug-likeness (QED) is 0.712. The maximum Gasteiger partial charge on any atom is 0.123 e. The highest BCUT2D eigenvalue weighted by Crippen LogP contribution is 2.50. The number of rotatable bonds is 2. The van der Waals surface area contributed by atoms with E-state index in [2.05, 4.69) is 6.07 Å². The van der Waals surface area contributed by atoms with E-state index >= 15 is 0 Å². The van der Waals surface area contributed by atoms with Gasteiger partial charge in [0.15, 0.2) is 0 Å². The molecule has 0 saturated heterocycles. The van der Waals surface area contributed by atoms with Crippen LogP contribution >= 0.6 is 0 Å². The van der Waals surface area contributed by atoms with Crippen LogP contribution in [0.5, 0.6) is 5.75 Å². The molecule has 0 atom stereocenters. The average Bonchev–Trinajstić information content (AvgIpc) is 2.98. The van der Waals surface area contributed by atoms with E-state index < -0.39 is 0 Å². The van der Waals surface area contributed by atoms with Crippen LogP contribution in [0.1, 0.15) is 24.0 Å². The van der Waals surface area contributed by atoms with Gasteiger partial charge in [-0.05, 0) is 31.4 Å². The van der Waals surface area contributed by atoms with Crippen molar-refractivity contribution in [3.05, 3.63) is 29.3 Å². The summed E-state index contributed by atoms with van der Waals surface area (Å²) in [7, 11) is 1.66. The molecule has 0 radical (unpaired) electrons. The Kier molecular flexibility index (Phi) is 1.96. The summed E-state index contributed by atoms with van der Waals surface area (Å²) in [6.07, 6.45) is 1.92. The van der Waals surface area contributed by atoms with Crippen molar-refractivity contribution >= 4 is 0 Å². The number of nitriles is 1. The summed E-state index contributed by atoms with van der Waals surface area (Å²) in [5.41, 5.74) is 1.96. The van der Waals surface area contributed by atoms with Gasteiger partial charge >= 0.3 is 0 Å². The zero-order valence-corrected chi connectivity index (χ0v) is 8.50. The van der Waals surface area contributed by atoms with Crippen molar-refractivity contribution in [3.63, 3.8) is 0 Å². The third-order valence-electron chi connectivity index (χ3n) is 2.84. The highest BCUT2D eigenvalue weighted by Gasteiger charge is 2.46. The lowest BCUT2D eigenvalue weighted by molar-refractivity contribution is 0.407. The minimum absolute atomic E-state index is 0.251. The lowest BCUT2D eigenvalue weighted by Gasteiger charge is -2.12. The second kappa shape index (κ2) is 3.02. The zero-order chi connectivity index (χ0) is 10.2. The first-order chi connectivity index (χ1) is 6.72. The SMILES string of the molecule is COc1cc(C)ccc1C1(C#N)CC1. The number of ether oxygens (including phenoxy) is 1. The van der Waals surface area contributed by atoms with Crippen molar-refractivity contribution in [1.29, 1.82) is 5.26 Å². The fourth-order valence-corrected chi connectivity index (χ4v) is 1.76. The molecule has 2 nitrogen and oxygen atoms in total. The minimum Gasteiger partial charge on any atom is -0.496 e. The normalized spacial score (nSPS) is 17.2. The molecule has 0 spiro atoms. The fraction of sp³-hybridized carbons (Fsp3) is 0.417. The number of hydrogen-bond donors (Lipinski definition) is 0. The van der Waals surface area contributed by atoms with E-state index in [1.165, 1.54) is 5.56 Å². The highest BCUT2D eigenvalue weighted by molar-refractivity contribution is 5.49. The van der Waals surface area contributed by atoms with Gasteiger partial charge in [-0.25, -0.2) is 0 Å². The Morgan fingerprint density at radius 1 is 1.43 bits per heavy atom. The van der Waals surface area contributed by atoms with Crippen LogP contribution in [-0.4, -0.2) is 7.11 Å². The Labute approximate surface area is 84.1 Å². The van der Waals surface area contributed by atoms with Crippen LogP contribution in [-0.2, 0) is 5.41 Å². The summed E-state index contributed by atoms with van der Waals surface area (Å²) in [6.45, 7) is 2.03. The summed E-state index contributed by atoms with van der Waals surface area (Å²) < 4.78 is 5.30. The third kappa shape index (κ3) is 1.26. The molecule has 0 heterocycles. The topological polar surface area (TPSA) is 33.0 Å². The van der Waals surface area contributed by atoms with E-state index in [1.807, 2.05) is 25.1 Å². The van der Waals surface area contributed by atoms with Crippen molar-refractivity contribution in [2.75, 3.05) is 7.11 Å². The number of hydrogen-bond acceptors (Lipinski definition) is 2. The number of benzene rings is 1. The van der Waals surface area contributed by atoms with Crippen molar-refractivity contribution < 1.29 is 4.74 Å². The largest absolute Gasteiger partial charge is 0.496 e. The fourth-order valence-electron chi connectivity index (χ4n) is 1.76. The predicted molar refractivity (Wildman–Crippen MR) is 54.3 cm³/mol. The van der Waals surface area contributed by atoms with Crippen LogP contribution in [0.25, 0.3) is 0 Å². The molecule has 0 bridgehead atoms. The van der Waals surface area contributed by atoms with Crippen molar-refractivity contribution in [2.45, 2.75) is 25.2 Å². The number of aryl methyl sites for hydroxylation is 1. The molecule has 1 aromatic carbocycles. The van der Waals surface area contributed by atoms with E-state index in [9.17, 15) is 0 Å². The zero-order valence-electron chi connectivity index (χ0n) is 8.50. The van der Waals surface area contributed by atoms with E-state index in [0.717, 1.165) is 24.2 Å². The lowest BCUT2D eigenvalue weighted by Crippen LogP contribution is -2.05. The Morgan fingerprint density at radius 2 is 2.14 bits per heavy atom. The average molecular weight is 187 g/mol. The monoisotopic (exact) mass is 187 g/mol. The molecule has 2 rings (SSSR count). The van der Waals surface area contributed by atoms with Gasteiger partial charge < -0.3 is 4.74 Å². The molecule has 0 aromatic heterocycles. The molecule has 0 aliphatic heterocycles. The smallest absolute Gasteiger partial charge is 0.123 e. The maximum absolute atomic E-state index is 9.09. The van der Waals surface area contributed by atoms with Gasteiger partial charge in [0.05, 0.1) is 18.6 Å². The summed E-state index contributed by atoms with van der Waals surface area (Å²) in [4.78, 5) is 0. The second-order valence-corrected chi connectivity index (χ2v) is 3.90. The van der Waals surface area contributed by atoms with Crippen LogP contribution in [0.2, 0.25) is 0 Å². The summed E-state index contributed by atoms with van der Waals surface area (Å²) >= 11 is 0. The molecule has 1 aromatic rings. The molecule has 0 N–H and O–H groups in total. The van der Waals surface area contributed by atoms with Crippen molar-refractivity contribution in [2.24, 2.45) is 0 Å². The van der Waals surface area contributed by atoms with Crippen LogP contribution in [0.3, 0.4) is 0 Å². The predicted octanol–water partition coefficient (Wildman–Crippen LogP) is 2.56. The summed E-state index contributed by atoms with van der Waals surface area (Å²) in [6, 6.07) is 8.43. The Hall–Kier alpha value is -1.49. The van der Waals surface area contributed by atoms with E-state index in [0.29, 0.717) is 0 Å². The molecule has 0 unspecified atom stereocenters. The molecule has 72 valence electrons. The highest BCUT2D eigenvalue weighted by atomic mass is 16.5. The van der Waals surface area contributed by atoms with E-state index in [4.69, 9.17) is 10.00 Å². The number of nitrogens with zero attached hydrogens (tertiary/aromatic N) is 1. The number of methoxy groups -OCH3 is 1. The van der Waals surface area contributed by atoms with Gasteiger partial charge in [-0.1, -0.05) is 12.1 Å². The maximum atomic E-state index is 9.09. The molecular weight excluding hydrogens is 174 g/mol. The van der Waals surface area contributed by atoms with E-state index in [1.54, 1.807) is 7.11 Å². The van der Waals surface area contributed by atoms with Gasteiger partial charge in [0.1, 0.15) is 5.75 Å². The molecule has 1 saturated carbocycles. The Bertz CT molecular complexity index is 399. The second-order valence-electron chi connectivity index (χ2n) is 3.90. The molecule has 2 heteroatoms. The van der Waals surface area contributed by atoms with Crippen LogP contribution in [0, 0.1) is 18.3 Å². The third-order valence-corrected chi connectivity index (χ3v) is 2.84. The molecule has 1 aliphatic rings. The first kappa shape index (κ1) is 9.08. The first-order valence-corrected chi connectivity index (χ1v) is 4.78. The molecular formula is C12H13NO. The van der Waals surface area contributed by atoms with Gasteiger partial charge in [0.2, 0.25) is 0 Å².